The van der Waals surface area contributed by atoms with Crippen LogP contribution in [0.15, 0.2) is 47.5 Å². The van der Waals surface area contributed by atoms with E-state index in [1.807, 2.05) is 18.2 Å². The van der Waals surface area contributed by atoms with E-state index in [1.54, 1.807) is 0 Å². The minimum absolute atomic E-state index is 0.287. The summed E-state index contributed by atoms with van der Waals surface area (Å²) >= 11 is 0. The summed E-state index contributed by atoms with van der Waals surface area (Å²) in [6.45, 7) is 6.62. The largest absolute Gasteiger partial charge is 0.454 e. The summed E-state index contributed by atoms with van der Waals surface area (Å²) in [6, 6.07) is 14.4. The van der Waals surface area contributed by atoms with Gasteiger partial charge in [-0.2, -0.15) is 0 Å². The maximum absolute atomic E-state index is 6.05. The summed E-state index contributed by atoms with van der Waals surface area (Å²) in [6.07, 6.45) is 2.26. The fraction of sp³-hybridized carbons (Fsp3) is 0.458. The quantitative estimate of drug-likeness (QED) is 0.499. The Bertz CT molecular complexity index is 881. The molecule has 0 unspecified atom stereocenters. The maximum Gasteiger partial charge on any atom is 0.231 e. The lowest BCUT2D eigenvalue weighted by molar-refractivity contribution is -0.0390. The van der Waals surface area contributed by atoms with Gasteiger partial charge in [0.1, 0.15) is 0 Å². The molecule has 7 heteroatoms. The second kappa shape index (κ2) is 11.0. The van der Waals surface area contributed by atoms with E-state index in [4.69, 9.17) is 23.9 Å². The molecule has 0 bridgehead atoms. The highest BCUT2D eigenvalue weighted by Gasteiger charge is 2.14. The van der Waals surface area contributed by atoms with Crippen LogP contribution in [0, 0.1) is 0 Å². The van der Waals surface area contributed by atoms with Crippen LogP contribution in [0.25, 0.3) is 0 Å². The van der Waals surface area contributed by atoms with Gasteiger partial charge in [-0.25, -0.2) is 4.99 Å². The molecule has 1 saturated heterocycles. The fourth-order valence-corrected chi connectivity index (χ4v) is 3.62. The molecule has 0 amide bonds. The SMILES string of the molecule is CCNC(=NCc1cccc(COC2CCOCC2)c1)NCc1ccc2c(c1)OCO2. The average Bonchev–Trinajstić information content (AvgIpc) is 3.28. The Hall–Kier alpha value is -2.77. The predicted molar refractivity (Wildman–Crippen MR) is 119 cm³/mol. The first-order valence-corrected chi connectivity index (χ1v) is 11.0. The molecule has 4 rings (SSSR count). The zero-order valence-corrected chi connectivity index (χ0v) is 18.1. The van der Waals surface area contributed by atoms with E-state index in [0.717, 1.165) is 61.2 Å². The third-order valence-electron chi connectivity index (χ3n) is 5.31. The Morgan fingerprint density at radius 3 is 2.71 bits per heavy atom. The van der Waals surface area contributed by atoms with Crippen LogP contribution in [0.2, 0.25) is 0 Å². The average molecular weight is 426 g/mol. The van der Waals surface area contributed by atoms with Crippen molar-refractivity contribution in [3.8, 4) is 11.5 Å². The van der Waals surface area contributed by atoms with E-state index in [-0.39, 0.29) is 6.79 Å². The molecule has 0 radical (unpaired) electrons. The molecule has 7 nitrogen and oxygen atoms in total. The van der Waals surface area contributed by atoms with E-state index in [1.165, 1.54) is 5.56 Å². The molecule has 2 aliphatic heterocycles. The van der Waals surface area contributed by atoms with Crippen molar-refractivity contribution in [2.75, 3.05) is 26.6 Å². The van der Waals surface area contributed by atoms with Crippen molar-refractivity contribution in [1.29, 1.82) is 0 Å². The molecule has 2 N–H and O–H groups in total. The van der Waals surface area contributed by atoms with Gasteiger partial charge in [0.05, 0.1) is 19.3 Å². The number of benzene rings is 2. The van der Waals surface area contributed by atoms with Crippen LogP contribution in [0.3, 0.4) is 0 Å². The minimum Gasteiger partial charge on any atom is -0.454 e. The van der Waals surface area contributed by atoms with Crippen molar-refractivity contribution in [3.05, 3.63) is 59.2 Å². The summed E-state index contributed by atoms with van der Waals surface area (Å²) < 4.78 is 22.3. The van der Waals surface area contributed by atoms with Gasteiger partial charge in [0.2, 0.25) is 6.79 Å². The minimum atomic E-state index is 0.287. The second-order valence-corrected chi connectivity index (χ2v) is 7.68. The van der Waals surface area contributed by atoms with Crippen molar-refractivity contribution in [3.63, 3.8) is 0 Å². The summed E-state index contributed by atoms with van der Waals surface area (Å²) in [7, 11) is 0. The molecule has 2 aliphatic rings. The van der Waals surface area contributed by atoms with Crippen LogP contribution in [0.4, 0.5) is 0 Å². The molecule has 2 aromatic carbocycles. The first-order chi connectivity index (χ1) is 15.3. The Labute approximate surface area is 183 Å². The Morgan fingerprint density at radius 1 is 1.00 bits per heavy atom. The first kappa shape index (κ1) is 21.5. The molecule has 0 atom stereocenters. The van der Waals surface area contributed by atoms with E-state index in [2.05, 4.69) is 41.8 Å². The first-order valence-electron chi connectivity index (χ1n) is 11.0. The van der Waals surface area contributed by atoms with Gasteiger partial charge in [0.15, 0.2) is 17.5 Å². The standard InChI is InChI=1S/C24H31N3O4/c1-2-25-24(27-15-19-6-7-22-23(13-19)31-17-30-22)26-14-18-4-3-5-20(12-18)16-29-21-8-10-28-11-9-21/h3-7,12-13,21H,2,8-11,14-17H2,1H3,(H2,25,26,27). The Morgan fingerprint density at radius 2 is 1.84 bits per heavy atom. The number of fused-ring (bicyclic) bond motifs is 1. The molecule has 0 spiro atoms. The van der Waals surface area contributed by atoms with Gasteiger partial charge in [-0.3, -0.25) is 0 Å². The van der Waals surface area contributed by atoms with Gasteiger partial charge < -0.3 is 29.6 Å². The monoisotopic (exact) mass is 425 g/mol. The van der Waals surface area contributed by atoms with Crippen molar-refractivity contribution in [2.45, 2.75) is 45.6 Å². The van der Waals surface area contributed by atoms with Crippen molar-refractivity contribution in [1.82, 2.24) is 10.6 Å². The molecule has 0 aromatic heterocycles. The van der Waals surface area contributed by atoms with Crippen LogP contribution in [0.1, 0.15) is 36.5 Å². The molecule has 1 fully saturated rings. The van der Waals surface area contributed by atoms with Crippen LogP contribution < -0.4 is 20.1 Å². The predicted octanol–water partition coefficient (Wildman–Crippen LogP) is 3.37. The highest BCUT2D eigenvalue weighted by Crippen LogP contribution is 2.32. The maximum atomic E-state index is 6.05. The van der Waals surface area contributed by atoms with Crippen LogP contribution in [-0.4, -0.2) is 38.6 Å². The Balaban J connectivity index is 1.31. The molecule has 31 heavy (non-hydrogen) atoms. The highest BCUT2D eigenvalue weighted by molar-refractivity contribution is 5.79. The topological polar surface area (TPSA) is 73.3 Å². The van der Waals surface area contributed by atoms with Gasteiger partial charge in [-0.1, -0.05) is 30.3 Å². The van der Waals surface area contributed by atoms with Crippen LogP contribution in [0.5, 0.6) is 11.5 Å². The number of nitrogens with zero attached hydrogens (tertiary/aromatic N) is 1. The molecule has 166 valence electrons. The van der Waals surface area contributed by atoms with Crippen LogP contribution in [-0.2, 0) is 29.2 Å². The smallest absolute Gasteiger partial charge is 0.231 e. The summed E-state index contributed by atoms with van der Waals surface area (Å²) in [5, 5.41) is 6.69. The van der Waals surface area contributed by atoms with Gasteiger partial charge in [-0.15, -0.1) is 0 Å². The third kappa shape index (κ3) is 6.35. The third-order valence-corrected chi connectivity index (χ3v) is 5.31. The number of guanidine groups is 1. The Kier molecular flexibility index (Phi) is 7.63. The van der Waals surface area contributed by atoms with Gasteiger partial charge in [0.25, 0.3) is 0 Å². The van der Waals surface area contributed by atoms with Gasteiger partial charge in [-0.05, 0) is 48.6 Å². The molecular weight excluding hydrogens is 394 g/mol. The summed E-state index contributed by atoms with van der Waals surface area (Å²) in [5.41, 5.74) is 3.45. The number of ether oxygens (including phenoxy) is 4. The van der Waals surface area contributed by atoms with E-state index >= 15 is 0 Å². The summed E-state index contributed by atoms with van der Waals surface area (Å²) in [5.74, 6) is 2.37. The molecule has 2 heterocycles. The lowest BCUT2D eigenvalue weighted by atomic mass is 10.1. The fourth-order valence-electron chi connectivity index (χ4n) is 3.62. The number of aliphatic imine (C=N–C) groups is 1. The zero-order valence-electron chi connectivity index (χ0n) is 18.1. The number of hydrogen-bond acceptors (Lipinski definition) is 5. The molecule has 0 aliphatic carbocycles. The lowest BCUT2D eigenvalue weighted by Gasteiger charge is -2.22. The van der Waals surface area contributed by atoms with Gasteiger partial charge in [0, 0.05) is 26.3 Å². The normalized spacial score (nSPS) is 16.4. The van der Waals surface area contributed by atoms with E-state index in [0.29, 0.717) is 25.8 Å². The van der Waals surface area contributed by atoms with Crippen molar-refractivity contribution >= 4 is 5.96 Å². The number of rotatable bonds is 8. The van der Waals surface area contributed by atoms with E-state index in [9.17, 15) is 0 Å². The van der Waals surface area contributed by atoms with E-state index < -0.39 is 0 Å². The molecular formula is C24H31N3O4. The summed E-state index contributed by atoms with van der Waals surface area (Å²) in [4.78, 5) is 4.74. The zero-order chi connectivity index (χ0) is 21.3. The van der Waals surface area contributed by atoms with Crippen molar-refractivity contribution < 1.29 is 18.9 Å². The van der Waals surface area contributed by atoms with Gasteiger partial charge >= 0.3 is 0 Å². The highest BCUT2D eigenvalue weighted by atomic mass is 16.7. The molecule has 2 aromatic rings. The van der Waals surface area contributed by atoms with Crippen molar-refractivity contribution in [2.24, 2.45) is 4.99 Å². The molecule has 0 saturated carbocycles. The lowest BCUT2D eigenvalue weighted by Crippen LogP contribution is -2.36. The second-order valence-electron chi connectivity index (χ2n) is 7.68. The number of hydrogen-bond donors (Lipinski definition) is 2. The van der Waals surface area contributed by atoms with Crippen LogP contribution >= 0.6 is 0 Å². The number of nitrogens with one attached hydrogen (secondary N) is 2.